The van der Waals surface area contributed by atoms with Crippen molar-refractivity contribution < 1.29 is 21.8 Å². The number of carbonyl (C=O) groups is 1. The van der Waals surface area contributed by atoms with Crippen LogP contribution in [0.2, 0.25) is 0 Å². The molecular weight excluding hydrogens is 344 g/mol. The molecule has 0 unspecified atom stereocenters. The van der Waals surface area contributed by atoms with Crippen molar-refractivity contribution in [1.29, 1.82) is 0 Å². The molecule has 136 valence electrons. The van der Waals surface area contributed by atoms with Gasteiger partial charge >= 0.3 is 16.1 Å². The topological polar surface area (TPSA) is 88.9 Å². The monoisotopic (exact) mass is 366 g/mol. The third kappa shape index (κ3) is 5.82. The molecule has 25 heavy (non-hydrogen) atoms. The molecule has 8 heteroatoms. The second kappa shape index (κ2) is 8.57. The summed E-state index contributed by atoms with van der Waals surface area (Å²) in [7, 11) is -3.55. The van der Waals surface area contributed by atoms with Gasteiger partial charge < -0.3 is 18.8 Å². The van der Waals surface area contributed by atoms with E-state index in [0.29, 0.717) is 25.4 Å². The molecule has 0 spiro atoms. The third-order valence-corrected chi connectivity index (χ3v) is 4.57. The van der Waals surface area contributed by atoms with E-state index >= 15 is 0 Å². The zero-order chi connectivity index (χ0) is 18.3. The van der Waals surface area contributed by atoms with Gasteiger partial charge in [-0.1, -0.05) is 12.1 Å². The first-order chi connectivity index (χ1) is 11.9. The Bertz CT molecular complexity index is 770. The summed E-state index contributed by atoms with van der Waals surface area (Å²) in [5, 5.41) is 2.77. The molecule has 2 aromatic rings. The quantitative estimate of drug-likeness (QED) is 0.726. The molecule has 2 amide bonds. The first-order valence-corrected chi connectivity index (χ1v) is 9.57. The molecule has 1 aromatic heterocycles. The number of nitrogens with zero attached hydrogens (tertiary/aromatic N) is 1. The second-order valence-corrected chi connectivity index (χ2v) is 7.20. The van der Waals surface area contributed by atoms with Gasteiger partial charge in [0, 0.05) is 13.1 Å². The number of hydrogen-bond acceptors (Lipinski definition) is 5. The van der Waals surface area contributed by atoms with Crippen molar-refractivity contribution in [3.63, 3.8) is 0 Å². The van der Waals surface area contributed by atoms with Crippen LogP contribution in [0.1, 0.15) is 25.2 Å². The van der Waals surface area contributed by atoms with Gasteiger partial charge in [0.2, 0.25) is 0 Å². The number of nitrogens with one attached hydrogen (secondary N) is 1. The standard InChI is InChI=1S/C17H22N2O5S/c1-3-18-17(20)19(13-16-6-5-11-23-16)12-14-7-9-15(10-8-14)24-25(21,22)4-2/h5-11H,3-4,12-13H2,1-2H3,(H,18,20). The van der Waals surface area contributed by atoms with Gasteiger partial charge in [-0.2, -0.15) is 8.42 Å². The SMILES string of the molecule is CCNC(=O)N(Cc1ccc(OS(=O)(=O)CC)cc1)Cc1ccco1. The molecule has 0 bridgehead atoms. The number of carbonyl (C=O) groups excluding carboxylic acids is 1. The highest BCUT2D eigenvalue weighted by atomic mass is 32.2. The van der Waals surface area contributed by atoms with E-state index in [2.05, 4.69) is 5.32 Å². The molecule has 0 aliphatic carbocycles. The summed E-state index contributed by atoms with van der Waals surface area (Å²) in [6.07, 6.45) is 1.56. The minimum absolute atomic E-state index is 0.0944. The fourth-order valence-electron chi connectivity index (χ4n) is 2.13. The second-order valence-electron chi connectivity index (χ2n) is 5.34. The van der Waals surface area contributed by atoms with Gasteiger partial charge in [0.15, 0.2) is 0 Å². The molecule has 0 fully saturated rings. The molecule has 0 aliphatic heterocycles. The van der Waals surface area contributed by atoms with Gasteiger partial charge in [-0.25, -0.2) is 4.79 Å². The van der Waals surface area contributed by atoms with Gasteiger partial charge in [0.25, 0.3) is 0 Å². The average Bonchev–Trinajstić information content (AvgIpc) is 3.09. The summed E-state index contributed by atoms with van der Waals surface area (Å²) in [5.74, 6) is 0.838. The van der Waals surface area contributed by atoms with E-state index in [1.807, 2.05) is 6.92 Å². The minimum atomic E-state index is -3.55. The number of urea groups is 1. The molecular formula is C17H22N2O5S. The van der Waals surface area contributed by atoms with Crippen molar-refractivity contribution in [2.24, 2.45) is 0 Å². The first-order valence-electron chi connectivity index (χ1n) is 7.99. The van der Waals surface area contributed by atoms with Gasteiger partial charge in [0.1, 0.15) is 11.5 Å². The van der Waals surface area contributed by atoms with Crippen LogP contribution in [-0.2, 0) is 23.2 Å². The van der Waals surface area contributed by atoms with E-state index < -0.39 is 10.1 Å². The van der Waals surface area contributed by atoms with Crippen LogP contribution in [0, 0.1) is 0 Å². The Morgan fingerprint density at radius 1 is 1.16 bits per heavy atom. The van der Waals surface area contributed by atoms with Crippen LogP contribution in [0.25, 0.3) is 0 Å². The first kappa shape index (κ1) is 18.9. The van der Waals surface area contributed by atoms with Crippen molar-refractivity contribution in [3.05, 3.63) is 54.0 Å². The van der Waals surface area contributed by atoms with Crippen molar-refractivity contribution >= 4 is 16.1 Å². The smallest absolute Gasteiger partial charge is 0.318 e. The summed E-state index contributed by atoms with van der Waals surface area (Å²) in [6.45, 7) is 4.58. The molecule has 7 nitrogen and oxygen atoms in total. The Morgan fingerprint density at radius 3 is 2.44 bits per heavy atom. The predicted molar refractivity (Wildman–Crippen MR) is 93.6 cm³/mol. The van der Waals surface area contributed by atoms with E-state index in [1.165, 1.54) is 6.92 Å². The molecule has 0 saturated carbocycles. The van der Waals surface area contributed by atoms with Gasteiger partial charge in [-0.15, -0.1) is 0 Å². The maximum Gasteiger partial charge on any atom is 0.318 e. The van der Waals surface area contributed by atoms with E-state index in [1.54, 1.807) is 47.6 Å². The van der Waals surface area contributed by atoms with Crippen molar-refractivity contribution in [3.8, 4) is 5.75 Å². The molecule has 1 heterocycles. The fraction of sp³-hybridized carbons (Fsp3) is 0.353. The van der Waals surface area contributed by atoms with Crippen LogP contribution < -0.4 is 9.50 Å². The van der Waals surface area contributed by atoms with Crippen LogP contribution >= 0.6 is 0 Å². The maximum atomic E-state index is 12.2. The summed E-state index contributed by atoms with van der Waals surface area (Å²) < 4.78 is 33.2. The highest BCUT2D eigenvalue weighted by molar-refractivity contribution is 7.87. The lowest BCUT2D eigenvalue weighted by Crippen LogP contribution is -2.38. The Labute approximate surface area is 147 Å². The fourth-order valence-corrected chi connectivity index (χ4v) is 2.65. The van der Waals surface area contributed by atoms with Crippen LogP contribution in [0.15, 0.2) is 47.1 Å². The molecule has 0 radical (unpaired) electrons. The molecule has 0 atom stereocenters. The normalized spacial score (nSPS) is 11.1. The van der Waals surface area contributed by atoms with E-state index in [0.717, 1.165) is 5.56 Å². The van der Waals surface area contributed by atoms with Crippen molar-refractivity contribution in [1.82, 2.24) is 10.2 Å². The summed E-state index contributed by atoms with van der Waals surface area (Å²) in [5.41, 5.74) is 0.846. The molecule has 2 rings (SSSR count). The highest BCUT2D eigenvalue weighted by Gasteiger charge is 2.15. The number of hydrogen-bond donors (Lipinski definition) is 1. The van der Waals surface area contributed by atoms with Gasteiger partial charge in [-0.3, -0.25) is 0 Å². The number of benzene rings is 1. The largest absolute Gasteiger partial charge is 0.467 e. The summed E-state index contributed by atoms with van der Waals surface area (Å²) in [4.78, 5) is 13.8. The lowest BCUT2D eigenvalue weighted by atomic mass is 10.2. The lowest BCUT2D eigenvalue weighted by Gasteiger charge is -2.22. The molecule has 1 N–H and O–H groups in total. The lowest BCUT2D eigenvalue weighted by molar-refractivity contribution is 0.188. The van der Waals surface area contributed by atoms with Crippen molar-refractivity contribution in [2.75, 3.05) is 12.3 Å². The number of furan rings is 1. The minimum Gasteiger partial charge on any atom is -0.467 e. The van der Waals surface area contributed by atoms with Gasteiger partial charge in [0.05, 0.1) is 18.6 Å². The van der Waals surface area contributed by atoms with Crippen LogP contribution in [-0.4, -0.2) is 31.6 Å². The van der Waals surface area contributed by atoms with Crippen LogP contribution in [0.3, 0.4) is 0 Å². The Balaban J connectivity index is 2.08. The number of rotatable bonds is 8. The Kier molecular flexibility index (Phi) is 6.46. The van der Waals surface area contributed by atoms with Crippen molar-refractivity contribution in [2.45, 2.75) is 26.9 Å². The maximum absolute atomic E-state index is 12.2. The molecule has 0 aliphatic rings. The predicted octanol–water partition coefficient (Wildman–Crippen LogP) is 2.74. The molecule has 1 aromatic carbocycles. The highest BCUT2D eigenvalue weighted by Crippen LogP contribution is 2.17. The average molecular weight is 366 g/mol. The molecule has 0 saturated heterocycles. The third-order valence-electron chi connectivity index (χ3n) is 3.42. The van der Waals surface area contributed by atoms with Crippen LogP contribution in [0.4, 0.5) is 4.79 Å². The van der Waals surface area contributed by atoms with E-state index in [4.69, 9.17) is 8.60 Å². The van der Waals surface area contributed by atoms with E-state index in [9.17, 15) is 13.2 Å². The van der Waals surface area contributed by atoms with Gasteiger partial charge in [-0.05, 0) is 43.7 Å². The summed E-state index contributed by atoms with van der Waals surface area (Å²) in [6, 6.07) is 9.98. The van der Waals surface area contributed by atoms with Crippen LogP contribution in [0.5, 0.6) is 5.75 Å². The Morgan fingerprint density at radius 2 is 1.88 bits per heavy atom. The zero-order valence-electron chi connectivity index (χ0n) is 14.3. The Hall–Kier alpha value is -2.48. The van der Waals surface area contributed by atoms with E-state index in [-0.39, 0.29) is 17.5 Å². The summed E-state index contributed by atoms with van der Waals surface area (Å²) >= 11 is 0. The number of amides is 2. The zero-order valence-corrected chi connectivity index (χ0v) is 15.1.